The van der Waals surface area contributed by atoms with Crippen molar-refractivity contribution in [3.8, 4) is 0 Å². The molecule has 5 heterocycles. The van der Waals surface area contributed by atoms with Gasteiger partial charge in [-0.05, 0) is 12.5 Å². The summed E-state index contributed by atoms with van der Waals surface area (Å²) in [5, 5.41) is 11.3. The standard InChI is InChI=1S/C20H22N8O4/c1-25-17(14(12-21-25)19(31)26-7-9-32-10-8-26)18(30)22-13-4-6-28-15(11-13)23-20(24-28)27-5-2-3-16(27)29/h4,6,11-12H,2-3,5,7-10H2,1H3,(H,22,30). The summed E-state index contributed by atoms with van der Waals surface area (Å²) in [6.45, 7) is 2.48. The molecule has 2 fully saturated rings. The second-order valence-electron chi connectivity index (χ2n) is 7.67. The van der Waals surface area contributed by atoms with Crippen molar-refractivity contribution >= 4 is 35.0 Å². The van der Waals surface area contributed by atoms with Crippen LogP contribution >= 0.6 is 0 Å². The van der Waals surface area contributed by atoms with E-state index in [4.69, 9.17) is 4.74 Å². The molecule has 12 nitrogen and oxygen atoms in total. The van der Waals surface area contributed by atoms with Crippen LogP contribution in [0.5, 0.6) is 0 Å². The Bertz CT molecular complexity index is 1210. The van der Waals surface area contributed by atoms with Gasteiger partial charge < -0.3 is 15.0 Å². The minimum Gasteiger partial charge on any atom is -0.378 e. The number of aryl methyl sites for hydroxylation is 1. The highest BCUT2D eigenvalue weighted by atomic mass is 16.5. The van der Waals surface area contributed by atoms with Crippen molar-refractivity contribution < 1.29 is 19.1 Å². The van der Waals surface area contributed by atoms with Crippen molar-refractivity contribution in [2.45, 2.75) is 12.8 Å². The Morgan fingerprint density at radius 1 is 1.19 bits per heavy atom. The van der Waals surface area contributed by atoms with E-state index in [2.05, 4.69) is 20.5 Å². The van der Waals surface area contributed by atoms with Gasteiger partial charge in [0.05, 0.1) is 25.0 Å². The van der Waals surface area contributed by atoms with Crippen molar-refractivity contribution in [1.29, 1.82) is 0 Å². The van der Waals surface area contributed by atoms with E-state index in [0.717, 1.165) is 6.42 Å². The van der Waals surface area contributed by atoms with Gasteiger partial charge in [-0.2, -0.15) is 10.1 Å². The number of hydrogen-bond donors (Lipinski definition) is 1. The van der Waals surface area contributed by atoms with Crippen LogP contribution in [0.15, 0.2) is 24.5 Å². The van der Waals surface area contributed by atoms with Crippen molar-refractivity contribution in [2.75, 3.05) is 43.1 Å². The molecule has 3 amide bonds. The van der Waals surface area contributed by atoms with E-state index in [1.54, 1.807) is 39.7 Å². The highest BCUT2D eigenvalue weighted by Crippen LogP contribution is 2.21. The molecule has 32 heavy (non-hydrogen) atoms. The average molecular weight is 438 g/mol. The predicted molar refractivity (Wildman–Crippen MR) is 112 cm³/mol. The number of fused-ring (bicyclic) bond motifs is 1. The molecule has 2 aliphatic rings. The number of aromatic nitrogens is 5. The van der Waals surface area contributed by atoms with Gasteiger partial charge in [-0.15, -0.1) is 5.10 Å². The second kappa shape index (κ2) is 8.04. The largest absolute Gasteiger partial charge is 0.378 e. The highest BCUT2D eigenvalue weighted by molar-refractivity contribution is 6.11. The van der Waals surface area contributed by atoms with Crippen LogP contribution in [0.2, 0.25) is 0 Å². The fraction of sp³-hybridized carbons (Fsp3) is 0.400. The van der Waals surface area contributed by atoms with Crippen LogP contribution in [0, 0.1) is 0 Å². The molecule has 166 valence electrons. The van der Waals surface area contributed by atoms with Crippen LogP contribution in [0.4, 0.5) is 11.6 Å². The number of carbonyl (C=O) groups excluding carboxylic acids is 3. The maximum Gasteiger partial charge on any atom is 0.274 e. The Morgan fingerprint density at radius 2 is 2.00 bits per heavy atom. The minimum absolute atomic E-state index is 0.00287. The molecule has 0 aromatic carbocycles. The van der Waals surface area contributed by atoms with E-state index in [0.29, 0.717) is 56.6 Å². The van der Waals surface area contributed by atoms with Gasteiger partial charge in [0.2, 0.25) is 5.91 Å². The number of morpholine rings is 1. The Morgan fingerprint density at radius 3 is 2.75 bits per heavy atom. The number of hydrogen-bond acceptors (Lipinski definition) is 7. The third-order valence-corrected chi connectivity index (χ3v) is 5.58. The zero-order valence-corrected chi connectivity index (χ0v) is 17.5. The minimum atomic E-state index is -0.458. The monoisotopic (exact) mass is 438 g/mol. The normalized spacial score (nSPS) is 16.7. The molecular weight excluding hydrogens is 416 g/mol. The Kier molecular flexibility index (Phi) is 5.05. The smallest absolute Gasteiger partial charge is 0.274 e. The Balaban J connectivity index is 1.37. The lowest BCUT2D eigenvalue weighted by molar-refractivity contribution is -0.117. The van der Waals surface area contributed by atoms with Gasteiger partial charge in [0.15, 0.2) is 5.65 Å². The first-order valence-electron chi connectivity index (χ1n) is 10.4. The van der Waals surface area contributed by atoms with Crippen molar-refractivity contribution in [3.63, 3.8) is 0 Å². The van der Waals surface area contributed by atoms with E-state index in [-0.39, 0.29) is 23.1 Å². The van der Waals surface area contributed by atoms with Crippen molar-refractivity contribution in [1.82, 2.24) is 29.3 Å². The van der Waals surface area contributed by atoms with E-state index >= 15 is 0 Å². The molecule has 2 saturated heterocycles. The number of carbonyl (C=O) groups is 3. The molecular formula is C20H22N8O4. The van der Waals surface area contributed by atoms with Gasteiger partial charge in [0.1, 0.15) is 5.69 Å². The van der Waals surface area contributed by atoms with E-state index in [9.17, 15) is 14.4 Å². The lowest BCUT2D eigenvalue weighted by Gasteiger charge is -2.26. The fourth-order valence-electron chi connectivity index (χ4n) is 3.91. The number of ether oxygens (including phenoxy) is 1. The van der Waals surface area contributed by atoms with E-state index in [1.165, 1.54) is 10.9 Å². The summed E-state index contributed by atoms with van der Waals surface area (Å²) < 4.78 is 8.23. The molecule has 3 aromatic rings. The van der Waals surface area contributed by atoms with Crippen LogP contribution in [-0.4, -0.2) is 79.8 Å². The van der Waals surface area contributed by atoms with E-state index in [1.807, 2.05) is 0 Å². The van der Waals surface area contributed by atoms with Gasteiger partial charge in [0.25, 0.3) is 17.8 Å². The SMILES string of the molecule is Cn1ncc(C(=O)N2CCOCC2)c1C(=O)Nc1ccn2nc(N3CCCC3=O)nc2c1. The van der Waals surface area contributed by atoms with Crippen LogP contribution in [-0.2, 0) is 16.6 Å². The Hall–Kier alpha value is -3.80. The van der Waals surface area contributed by atoms with Crippen molar-refractivity contribution in [2.24, 2.45) is 7.05 Å². The van der Waals surface area contributed by atoms with Crippen LogP contribution < -0.4 is 10.2 Å². The first-order chi connectivity index (χ1) is 15.5. The number of nitrogens with zero attached hydrogens (tertiary/aromatic N) is 7. The summed E-state index contributed by atoms with van der Waals surface area (Å²) in [6.07, 6.45) is 4.35. The molecule has 0 radical (unpaired) electrons. The van der Waals surface area contributed by atoms with Gasteiger partial charge in [-0.1, -0.05) is 0 Å². The van der Waals surface area contributed by atoms with Crippen molar-refractivity contribution in [3.05, 3.63) is 35.8 Å². The quantitative estimate of drug-likeness (QED) is 0.621. The molecule has 1 N–H and O–H groups in total. The molecule has 0 atom stereocenters. The highest BCUT2D eigenvalue weighted by Gasteiger charge is 2.28. The fourth-order valence-corrected chi connectivity index (χ4v) is 3.91. The number of pyridine rings is 1. The second-order valence-corrected chi connectivity index (χ2v) is 7.67. The van der Waals surface area contributed by atoms with Gasteiger partial charge in [0, 0.05) is 51.1 Å². The third kappa shape index (κ3) is 3.58. The summed E-state index contributed by atoms with van der Waals surface area (Å²) in [7, 11) is 1.62. The molecule has 3 aromatic heterocycles. The molecule has 0 unspecified atom stereocenters. The molecule has 0 bridgehead atoms. The molecule has 5 rings (SSSR count). The number of amides is 3. The lowest BCUT2D eigenvalue weighted by Crippen LogP contribution is -2.41. The van der Waals surface area contributed by atoms with Gasteiger partial charge in [-0.3, -0.25) is 24.0 Å². The average Bonchev–Trinajstić information content (AvgIpc) is 3.51. The summed E-state index contributed by atoms with van der Waals surface area (Å²) in [5.74, 6) is -0.357. The zero-order chi connectivity index (χ0) is 22.2. The number of rotatable bonds is 4. The van der Waals surface area contributed by atoms with Crippen LogP contribution in [0.25, 0.3) is 5.65 Å². The summed E-state index contributed by atoms with van der Waals surface area (Å²) in [6, 6.07) is 3.34. The maximum atomic E-state index is 13.0. The van der Waals surface area contributed by atoms with Gasteiger partial charge >= 0.3 is 0 Å². The number of anilines is 2. The topological polar surface area (TPSA) is 127 Å². The first-order valence-corrected chi connectivity index (χ1v) is 10.4. The van der Waals surface area contributed by atoms with Crippen LogP contribution in [0.1, 0.15) is 33.7 Å². The summed E-state index contributed by atoms with van der Waals surface area (Å²) >= 11 is 0. The van der Waals surface area contributed by atoms with Gasteiger partial charge in [-0.25, -0.2) is 4.52 Å². The lowest BCUT2D eigenvalue weighted by atomic mass is 10.2. The molecule has 2 aliphatic heterocycles. The summed E-state index contributed by atoms with van der Waals surface area (Å²) in [5.41, 5.74) is 1.39. The molecule has 0 aliphatic carbocycles. The predicted octanol–water partition coefficient (Wildman–Crippen LogP) is 0.314. The van der Waals surface area contributed by atoms with E-state index < -0.39 is 5.91 Å². The molecule has 0 saturated carbocycles. The first kappa shape index (κ1) is 20.1. The third-order valence-electron chi connectivity index (χ3n) is 5.58. The molecule has 0 spiro atoms. The van der Waals surface area contributed by atoms with Crippen LogP contribution in [0.3, 0.4) is 0 Å². The zero-order valence-electron chi connectivity index (χ0n) is 17.5. The Labute approximate surface area is 182 Å². The molecule has 12 heteroatoms. The summed E-state index contributed by atoms with van der Waals surface area (Å²) in [4.78, 5) is 45.5. The number of nitrogens with one attached hydrogen (secondary N) is 1. The maximum absolute atomic E-state index is 13.0.